The molecule has 8 saturated carbocycles. The second-order valence-electron chi connectivity index (χ2n) is 22.2. The minimum absolute atomic E-state index is 0. The molecule has 4 nitrogen and oxygen atoms in total. The Morgan fingerprint density at radius 1 is 0.655 bits per heavy atom. The minimum Gasteiger partial charge on any atom is -0.748 e. The smallest absolute Gasteiger partial charge is 0.0508 e. The van der Waals surface area contributed by atoms with Crippen molar-refractivity contribution in [3.05, 3.63) is 47.5 Å². The maximum Gasteiger partial charge on any atom is 0.0508 e. The van der Waals surface area contributed by atoms with Crippen LogP contribution in [-0.4, -0.2) is 78.8 Å². The second-order valence-corrected chi connectivity index (χ2v) is 35.7. The van der Waals surface area contributed by atoms with Crippen LogP contribution in [0.25, 0.3) is 0 Å². The molecule has 8 aliphatic carbocycles. The normalized spacial score (nSPS) is 39.5. The summed E-state index contributed by atoms with van der Waals surface area (Å²) >= 11 is 0. The summed E-state index contributed by atoms with van der Waals surface area (Å²) in [4.78, 5) is 0. The molecule has 3 unspecified atom stereocenters. The Balaban J connectivity index is 0.000000661. The fraction of sp³-hybridized carbons (Fsp3) is 0.783. The molecule has 2 aromatic carbocycles. The first-order chi connectivity index (χ1) is 25.9. The maximum absolute atomic E-state index is 4.13. The van der Waals surface area contributed by atoms with Crippen LogP contribution in [0.3, 0.4) is 0 Å². The zero-order valence-electron chi connectivity index (χ0n) is 35.3. The van der Waals surface area contributed by atoms with Crippen LogP contribution in [0.5, 0.6) is 0 Å². The fourth-order valence-electron chi connectivity index (χ4n) is 15.0. The Labute approximate surface area is 352 Å². The number of nitrogens with one attached hydrogen (secondary N) is 4. The molecule has 8 bridgehead atoms. The molecule has 0 radical (unpaired) electrons. The molecule has 0 amide bonds. The minimum atomic E-state index is -1.66. The van der Waals surface area contributed by atoms with Gasteiger partial charge in [0.05, 0.1) is 8.07 Å². The third-order valence-electron chi connectivity index (χ3n) is 16.5. The van der Waals surface area contributed by atoms with Gasteiger partial charge >= 0.3 is 0 Å². The van der Waals surface area contributed by atoms with Crippen molar-refractivity contribution in [2.24, 2.45) is 47.3 Å². The first-order valence-electron chi connectivity index (χ1n) is 22.8. The summed E-state index contributed by atoms with van der Waals surface area (Å²) in [5.74, 6) is 8.53. The van der Waals surface area contributed by atoms with Gasteiger partial charge in [-0.15, -0.1) is 17.2 Å². The Morgan fingerprint density at radius 3 is 1.38 bits per heavy atom. The molecule has 0 spiro atoms. The van der Waals surface area contributed by atoms with Crippen LogP contribution in [0.2, 0.25) is 39.3 Å². The van der Waals surface area contributed by atoms with Gasteiger partial charge < -0.3 is 51.6 Å². The first kappa shape index (κ1) is 42.1. The van der Waals surface area contributed by atoms with E-state index >= 15 is 0 Å². The summed E-state index contributed by atoms with van der Waals surface area (Å²) in [5.41, 5.74) is 5.82. The molecular weight excluding hydrogens is 782 g/mol. The third-order valence-corrected chi connectivity index (χ3v) is 25.8. The zero-order valence-corrected chi connectivity index (χ0v) is 40.4. The average Bonchev–Trinajstić information content (AvgIpc) is 3.84. The third kappa shape index (κ3) is 8.13. The monoisotopic (exact) mass is 858 g/mol. The summed E-state index contributed by atoms with van der Waals surface area (Å²) in [6.45, 7) is 22.6. The summed E-state index contributed by atoms with van der Waals surface area (Å²) in [6, 6.07) is 13.7. The van der Waals surface area contributed by atoms with Crippen molar-refractivity contribution in [2.75, 3.05) is 39.3 Å². The van der Waals surface area contributed by atoms with Gasteiger partial charge in [-0.25, -0.2) is 0 Å². The number of hydrogen-bond acceptors (Lipinski definition) is 4. The molecule has 2 aliphatic heterocycles. The van der Waals surface area contributed by atoms with Crippen molar-refractivity contribution in [1.29, 1.82) is 0 Å². The van der Waals surface area contributed by atoms with Crippen LogP contribution in [0.15, 0.2) is 36.4 Å². The van der Waals surface area contributed by atoms with Crippen LogP contribution in [-0.2, 0) is 28.4 Å². The molecule has 2 heterocycles. The van der Waals surface area contributed by atoms with E-state index in [2.05, 4.69) is 75.9 Å². The SMILES string of the molecule is C[Si](C)(C)c1c(CP(C2C3CC4CC(C3)CC2C4)C2C3CC4CC(C3)CC2C4)c(C(P)(C2CNCCN2)C2CNCCN2)c[c-]1[Si](C)(C)C.[Fe].[cH-]1[cH-][cH-][cH-][cH-]1. The van der Waals surface area contributed by atoms with Gasteiger partial charge in [-0.05, 0) is 128 Å². The van der Waals surface area contributed by atoms with E-state index in [1.54, 1.807) is 69.8 Å². The predicted octanol–water partition coefficient (Wildman–Crippen LogP) is 7.72. The van der Waals surface area contributed by atoms with Crippen molar-refractivity contribution in [3.63, 3.8) is 0 Å². The molecule has 10 fully saturated rings. The van der Waals surface area contributed by atoms with Gasteiger partial charge in [0.1, 0.15) is 0 Å². The summed E-state index contributed by atoms with van der Waals surface area (Å²) < 4.78 is 0. The molecule has 4 N–H and O–H groups in total. The Hall–Kier alpha value is 0.353. The summed E-state index contributed by atoms with van der Waals surface area (Å²) in [6.07, 6.45) is 17.4. The van der Waals surface area contributed by atoms with Crippen molar-refractivity contribution < 1.29 is 17.1 Å². The van der Waals surface area contributed by atoms with Crippen molar-refractivity contribution in [2.45, 2.75) is 138 Å². The van der Waals surface area contributed by atoms with Crippen LogP contribution in [0.1, 0.15) is 75.3 Å². The van der Waals surface area contributed by atoms with Crippen molar-refractivity contribution in [3.8, 4) is 0 Å². The Kier molecular flexibility index (Phi) is 12.7. The summed E-state index contributed by atoms with van der Waals surface area (Å²) in [7, 11) is 0.321. The van der Waals surface area contributed by atoms with E-state index in [1.165, 1.54) is 6.16 Å². The molecule has 9 heteroatoms. The van der Waals surface area contributed by atoms with Crippen LogP contribution >= 0.6 is 17.2 Å². The average molecular weight is 859 g/mol. The first-order valence-corrected chi connectivity index (χ1v) is 32.1. The van der Waals surface area contributed by atoms with Gasteiger partial charge in [0.2, 0.25) is 0 Å². The predicted molar refractivity (Wildman–Crippen MR) is 243 cm³/mol. The van der Waals surface area contributed by atoms with Gasteiger partial charge in [0.15, 0.2) is 0 Å². The number of rotatable bonds is 9. The quantitative estimate of drug-likeness (QED) is 0.119. The van der Waals surface area contributed by atoms with E-state index in [0.717, 1.165) is 97.9 Å². The fourth-order valence-corrected chi connectivity index (χ4v) is 26.3. The molecular formula is C46H76FeN4P2Si2-6. The van der Waals surface area contributed by atoms with Crippen LogP contribution in [0.4, 0.5) is 0 Å². The maximum atomic E-state index is 4.13. The number of piperazine rings is 2. The van der Waals surface area contributed by atoms with Gasteiger partial charge in [-0.1, -0.05) is 45.4 Å². The topological polar surface area (TPSA) is 48.1 Å². The van der Waals surface area contributed by atoms with E-state index < -0.39 is 16.1 Å². The van der Waals surface area contributed by atoms with E-state index in [9.17, 15) is 0 Å². The molecule has 3 atom stereocenters. The van der Waals surface area contributed by atoms with E-state index in [-0.39, 0.29) is 30.1 Å². The van der Waals surface area contributed by atoms with Gasteiger partial charge in [-0.2, -0.15) is 27.6 Å². The van der Waals surface area contributed by atoms with Crippen molar-refractivity contribution >= 4 is 43.7 Å². The van der Waals surface area contributed by atoms with Crippen LogP contribution < -0.4 is 31.6 Å². The molecule has 12 rings (SSSR count). The largest absolute Gasteiger partial charge is 0.748 e. The van der Waals surface area contributed by atoms with Gasteiger partial charge in [0.25, 0.3) is 0 Å². The van der Waals surface area contributed by atoms with E-state index in [1.807, 2.05) is 46.3 Å². The molecule has 0 aromatic heterocycles. The van der Waals surface area contributed by atoms with E-state index in [0.29, 0.717) is 12.1 Å². The van der Waals surface area contributed by atoms with E-state index in [4.69, 9.17) is 0 Å². The van der Waals surface area contributed by atoms with Crippen LogP contribution in [0, 0.1) is 47.3 Å². The molecule has 55 heavy (non-hydrogen) atoms. The van der Waals surface area contributed by atoms with Crippen molar-refractivity contribution in [1.82, 2.24) is 21.3 Å². The Morgan fingerprint density at radius 2 is 1.05 bits per heavy atom. The zero-order chi connectivity index (χ0) is 37.4. The van der Waals surface area contributed by atoms with Gasteiger partial charge in [0, 0.05) is 76.5 Å². The van der Waals surface area contributed by atoms with Gasteiger partial charge in [-0.3, -0.25) is 0 Å². The second kappa shape index (κ2) is 16.7. The Bertz CT molecular complexity index is 1440. The molecule has 2 aromatic rings. The molecule has 10 aliphatic rings. The summed E-state index contributed by atoms with van der Waals surface area (Å²) in [5, 5.41) is 19.7. The standard InChI is InChI=1S/C41H71N4P2Si2.C5H5.Fe/c1-48(2,3)35-21-34(41(46,36-22-42-7-9-44-36)37-23-43-8-10-45-37)33(40(35)49(4,5)6)24-47(38-29-13-25-11-26(15-29)16-30(38)14-25)39-31-17-27-12-28(19-31)20-32(39)18-27;1-2-4-5-3-1;/h21,25-32,36-39,42-45H,7-20,22-24,46H2,1-6H3;1-5H;/q-1;-5;. The molecule has 312 valence electrons. The number of hydrogen-bond donors (Lipinski definition) is 4. The molecule has 2 saturated heterocycles.